The number of hydrogen-bond acceptors (Lipinski definition) is 9. The number of carbonyl (C=O) groups excluding carboxylic acids is 4. The van der Waals surface area contributed by atoms with Gasteiger partial charge in [0.15, 0.2) is 6.10 Å². The van der Waals surface area contributed by atoms with E-state index in [2.05, 4.69) is 6.92 Å². The highest BCUT2D eigenvalue weighted by atomic mass is 19.4. The zero-order valence-corrected chi connectivity index (χ0v) is 29.0. The van der Waals surface area contributed by atoms with Crippen LogP contribution in [0.15, 0.2) is 72.8 Å². The summed E-state index contributed by atoms with van der Waals surface area (Å²) in [4.78, 5) is 49.4. The smallest absolute Gasteiger partial charge is 0.449 e. The van der Waals surface area contributed by atoms with Crippen molar-refractivity contribution in [3.05, 3.63) is 83.9 Å². The van der Waals surface area contributed by atoms with Gasteiger partial charge >= 0.3 is 30.2 Å². The van der Waals surface area contributed by atoms with E-state index in [1.807, 2.05) is 6.92 Å². The predicted octanol–water partition coefficient (Wildman–Crippen LogP) is 10.6. The van der Waals surface area contributed by atoms with Crippen molar-refractivity contribution >= 4 is 24.1 Å². The Morgan fingerprint density at radius 2 is 0.941 bits per heavy atom. The Kier molecular flexibility index (Phi) is 17.0. The number of halogens is 3. The van der Waals surface area contributed by atoms with Gasteiger partial charge in [0.2, 0.25) is 0 Å². The summed E-state index contributed by atoms with van der Waals surface area (Å²) in [5, 5.41) is 0. The maximum absolute atomic E-state index is 13.4. The first-order valence-electron chi connectivity index (χ1n) is 17.4. The molecular formula is C39H45F3O9. The number of benzene rings is 3. The van der Waals surface area contributed by atoms with Gasteiger partial charge in [-0.1, -0.05) is 71.6 Å². The van der Waals surface area contributed by atoms with Crippen LogP contribution in [-0.2, 0) is 9.53 Å². The van der Waals surface area contributed by atoms with Gasteiger partial charge in [0, 0.05) is 6.42 Å². The van der Waals surface area contributed by atoms with Crippen LogP contribution in [0.1, 0.15) is 118 Å². The summed E-state index contributed by atoms with van der Waals surface area (Å²) < 4.78 is 65.8. The molecular weight excluding hydrogens is 669 g/mol. The van der Waals surface area contributed by atoms with Gasteiger partial charge in [-0.15, -0.1) is 0 Å². The Bertz CT molecular complexity index is 1520. The van der Waals surface area contributed by atoms with Gasteiger partial charge in [0.05, 0.1) is 11.1 Å². The zero-order chi connectivity index (χ0) is 37.1. The van der Waals surface area contributed by atoms with Crippen LogP contribution >= 0.6 is 0 Å². The third-order valence-corrected chi connectivity index (χ3v) is 7.77. The monoisotopic (exact) mass is 714 g/mol. The van der Waals surface area contributed by atoms with Crippen LogP contribution in [0, 0.1) is 0 Å². The molecule has 0 saturated heterocycles. The minimum Gasteiger partial charge on any atom is -0.449 e. The van der Waals surface area contributed by atoms with Crippen LogP contribution in [0.3, 0.4) is 0 Å². The molecule has 0 radical (unpaired) electrons. The largest absolute Gasteiger partial charge is 0.519 e. The van der Waals surface area contributed by atoms with Gasteiger partial charge in [0.25, 0.3) is 0 Å². The van der Waals surface area contributed by atoms with Crippen molar-refractivity contribution in [2.75, 3.05) is 0 Å². The molecule has 0 N–H and O–H groups in total. The van der Waals surface area contributed by atoms with Crippen LogP contribution in [0.25, 0.3) is 0 Å². The Labute approximate surface area is 296 Å². The van der Waals surface area contributed by atoms with Crippen molar-refractivity contribution < 1.29 is 56.0 Å². The highest BCUT2D eigenvalue weighted by Gasteiger charge is 2.42. The Balaban J connectivity index is 1.42. The Hall–Kier alpha value is -4.87. The summed E-state index contributed by atoms with van der Waals surface area (Å²) in [6.45, 7) is 4.11. The first-order chi connectivity index (χ1) is 24.5. The van der Waals surface area contributed by atoms with Gasteiger partial charge in [-0.05, 0) is 92.1 Å². The molecule has 0 aliphatic carbocycles. The Morgan fingerprint density at radius 3 is 1.45 bits per heavy atom. The van der Waals surface area contributed by atoms with E-state index >= 15 is 0 Å². The topological polar surface area (TPSA) is 114 Å². The van der Waals surface area contributed by atoms with E-state index in [4.69, 9.17) is 23.7 Å². The maximum atomic E-state index is 13.4. The minimum absolute atomic E-state index is 0.0429. The van der Waals surface area contributed by atoms with Crippen molar-refractivity contribution in [3.63, 3.8) is 0 Å². The van der Waals surface area contributed by atoms with Gasteiger partial charge < -0.3 is 23.7 Å². The van der Waals surface area contributed by atoms with Gasteiger partial charge in [-0.2, -0.15) is 13.2 Å². The second-order valence-corrected chi connectivity index (χ2v) is 12.0. The quantitative estimate of drug-likeness (QED) is 0.0488. The molecule has 0 saturated carbocycles. The van der Waals surface area contributed by atoms with Crippen LogP contribution in [0.5, 0.6) is 23.0 Å². The highest BCUT2D eigenvalue weighted by molar-refractivity contribution is 5.92. The van der Waals surface area contributed by atoms with E-state index in [-0.39, 0.29) is 47.2 Å². The first kappa shape index (κ1) is 40.6. The van der Waals surface area contributed by atoms with Crippen molar-refractivity contribution in [1.82, 2.24) is 0 Å². The molecule has 1 atom stereocenters. The molecule has 51 heavy (non-hydrogen) atoms. The lowest BCUT2D eigenvalue weighted by atomic mass is 10.1. The fourth-order valence-corrected chi connectivity index (χ4v) is 4.93. The summed E-state index contributed by atoms with van der Waals surface area (Å²) in [6, 6.07) is 16.3. The molecule has 0 spiro atoms. The molecule has 9 nitrogen and oxygen atoms in total. The second kappa shape index (κ2) is 21.4. The summed E-state index contributed by atoms with van der Waals surface area (Å²) in [5.41, 5.74) is -0.0214. The van der Waals surface area contributed by atoms with Crippen molar-refractivity contribution in [3.8, 4) is 23.0 Å². The van der Waals surface area contributed by atoms with Gasteiger partial charge in [-0.25, -0.2) is 14.4 Å². The number of unbranched alkanes of at least 4 members (excludes halogenated alkanes) is 9. The third-order valence-electron chi connectivity index (χ3n) is 7.77. The molecule has 0 aromatic heterocycles. The van der Waals surface area contributed by atoms with Gasteiger partial charge in [-0.3, -0.25) is 4.79 Å². The van der Waals surface area contributed by atoms with E-state index in [9.17, 15) is 32.3 Å². The lowest BCUT2D eigenvalue weighted by molar-refractivity contribution is -0.206. The first-order valence-corrected chi connectivity index (χ1v) is 17.4. The Morgan fingerprint density at radius 1 is 0.529 bits per heavy atom. The van der Waals surface area contributed by atoms with E-state index in [1.54, 1.807) is 0 Å². The normalized spacial score (nSPS) is 11.7. The summed E-state index contributed by atoms with van der Waals surface area (Å²) in [7, 11) is 0. The highest BCUT2D eigenvalue weighted by Crippen LogP contribution is 2.28. The van der Waals surface area contributed by atoms with Crippen molar-refractivity contribution in [2.24, 2.45) is 0 Å². The van der Waals surface area contributed by atoms with E-state index in [1.165, 1.54) is 98.5 Å². The lowest BCUT2D eigenvalue weighted by Crippen LogP contribution is -2.33. The third kappa shape index (κ3) is 15.3. The van der Waals surface area contributed by atoms with Crippen molar-refractivity contribution in [1.29, 1.82) is 0 Å². The fourth-order valence-electron chi connectivity index (χ4n) is 4.93. The number of esters is 3. The number of alkyl halides is 3. The SMILES string of the molecule is CCCCCCCCCC(=O)Oc1ccc(OC(=O)Oc2ccc(C(=O)Oc3ccc(C(=O)OC(CCCCCC)C(F)(F)F)cc3)cc2)cc1. The van der Waals surface area contributed by atoms with E-state index < -0.39 is 30.4 Å². The summed E-state index contributed by atoms with van der Waals surface area (Å²) >= 11 is 0. The minimum atomic E-state index is -4.68. The van der Waals surface area contributed by atoms with E-state index in [0.29, 0.717) is 18.6 Å². The molecule has 0 amide bonds. The molecule has 0 fully saturated rings. The van der Waals surface area contributed by atoms with E-state index in [0.717, 1.165) is 32.1 Å². The molecule has 3 aromatic rings. The average molecular weight is 715 g/mol. The average Bonchev–Trinajstić information content (AvgIpc) is 3.10. The van der Waals surface area contributed by atoms with Crippen LogP contribution < -0.4 is 18.9 Å². The predicted molar refractivity (Wildman–Crippen MR) is 183 cm³/mol. The zero-order valence-electron chi connectivity index (χ0n) is 29.0. The lowest BCUT2D eigenvalue weighted by Gasteiger charge is -2.20. The molecule has 3 rings (SSSR count). The van der Waals surface area contributed by atoms with Gasteiger partial charge in [0.1, 0.15) is 23.0 Å². The molecule has 0 bridgehead atoms. The molecule has 3 aromatic carbocycles. The fraction of sp³-hybridized carbons (Fsp3) is 0.436. The molecule has 276 valence electrons. The molecule has 0 aliphatic rings. The molecule has 0 heterocycles. The summed E-state index contributed by atoms with van der Waals surface area (Å²) in [6.07, 6.45) is 2.32. The van der Waals surface area contributed by atoms with Crippen LogP contribution in [0.2, 0.25) is 0 Å². The number of rotatable bonds is 20. The molecule has 1 unspecified atom stereocenters. The second-order valence-electron chi connectivity index (χ2n) is 12.0. The number of hydrogen-bond donors (Lipinski definition) is 0. The maximum Gasteiger partial charge on any atom is 0.519 e. The van der Waals surface area contributed by atoms with Crippen LogP contribution in [0.4, 0.5) is 18.0 Å². The number of ether oxygens (including phenoxy) is 5. The van der Waals surface area contributed by atoms with Crippen molar-refractivity contribution in [2.45, 2.75) is 110 Å². The summed E-state index contributed by atoms with van der Waals surface area (Å²) in [5.74, 6) is -1.62. The number of carbonyl (C=O) groups is 4. The molecule has 12 heteroatoms. The van der Waals surface area contributed by atoms with Crippen LogP contribution in [-0.4, -0.2) is 36.3 Å². The molecule has 0 aliphatic heterocycles. The standard InChI is InChI=1S/C39H45F3O9/c1-3-5-7-9-10-11-13-15-35(43)47-30-24-26-33(27-25-30)50-38(46)49-32-22-18-28(19-23-32)36(44)48-31-20-16-29(17-21-31)37(45)51-34(39(40,41)42)14-12-8-6-4-2/h16-27,34H,3-15H2,1-2H3.